The Labute approximate surface area is 240 Å². The quantitative estimate of drug-likeness (QED) is 0.232. The third-order valence-electron chi connectivity index (χ3n) is 5.93. The number of alkyl halides is 6. The summed E-state index contributed by atoms with van der Waals surface area (Å²) in [4.78, 5) is 12.2. The van der Waals surface area contributed by atoms with E-state index in [1.165, 1.54) is 35.2 Å². The molecular formula is C27H21F7N2O4S2. The number of rotatable bonds is 7. The lowest BCUT2D eigenvalue weighted by molar-refractivity contribution is -0.163. The molecular weight excluding hydrogens is 613 g/mol. The van der Waals surface area contributed by atoms with Gasteiger partial charge >= 0.3 is 12.4 Å². The van der Waals surface area contributed by atoms with E-state index in [1.807, 2.05) is 0 Å². The average molecular weight is 635 g/mol. The van der Waals surface area contributed by atoms with Crippen LogP contribution in [-0.2, 0) is 31.9 Å². The van der Waals surface area contributed by atoms with E-state index in [4.69, 9.17) is 4.74 Å². The van der Waals surface area contributed by atoms with Crippen molar-refractivity contribution in [1.82, 2.24) is 4.90 Å². The number of hydrogen-bond acceptors (Lipinski definition) is 5. The highest BCUT2D eigenvalue weighted by molar-refractivity contribution is 7.99. The van der Waals surface area contributed by atoms with Crippen molar-refractivity contribution in [3.8, 4) is 0 Å². The largest absolute Gasteiger partial charge is 0.418 e. The first-order valence-corrected chi connectivity index (χ1v) is 14.4. The maximum atomic E-state index is 14.2. The number of hydrogen-bond donors (Lipinski definition) is 1. The zero-order valence-electron chi connectivity index (χ0n) is 21.3. The zero-order chi connectivity index (χ0) is 30.7. The second-order valence-corrected chi connectivity index (χ2v) is 11.6. The van der Waals surface area contributed by atoms with E-state index in [2.05, 4.69) is 4.72 Å². The Morgan fingerprint density at radius 3 is 2.21 bits per heavy atom. The predicted molar refractivity (Wildman–Crippen MR) is 141 cm³/mol. The number of amides is 1. The first kappa shape index (κ1) is 31.4. The molecule has 1 aliphatic heterocycles. The number of sulfonamides is 1. The number of carbonyl (C=O) groups is 1. The molecule has 0 unspecified atom stereocenters. The molecule has 0 spiro atoms. The van der Waals surface area contributed by atoms with Crippen LogP contribution in [0.25, 0.3) is 6.08 Å². The van der Waals surface area contributed by atoms with Gasteiger partial charge in [-0.3, -0.25) is 9.52 Å². The van der Waals surface area contributed by atoms with Crippen molar-refractivity contribution in [3.63, 3.8) is 0 Å². The summed E-state index contributed by atoms with van der Waals surface area (Å²) in [6.07, 6.45) is -9.41. The molecule has 3 aromatic rings. The number of benzene rings is 3. The Morgan fingerprint density at radius 2 is 1.57 bits per heavy atom. The molecule has 0 atom stereocenters. The summed E-state index contributed by atoms with van der Waals surface area (Å²) in [7, 11) is -4.43. The Balaban J connectivity index is 1.69. The minimum absolute atomic E-state index is 0.0341. The average Bonchev–Trinajstić information content (AvgIpc) is 2.91. The maximum absolute atomic E-state index is 14.2. The number of nitrogens with zero attached hydrogens (tertiary/aromatic N) is 1. The number of morpholine rings is 1. The molecule has 0 radical (unpaired) electrons. The first-order chi connectivity index (χ1) is 19.7. The summed E-state index contributed by atoms with van der Waals surface area (Å²) >= 11 is 0.324. The van der Waals surface area contributed by atoms with Crippen LogP contribution in [0.5, 0.6) is 0 Å². The molecule has 4 rings (SSSR count). The first-order valence-electron chi connectivity index (χ1n) is 12.1. The van der Waals surface area contributed by atoms with Gasteiger partial charge in [-0.2, -0.15) is 26.3 Å². The summed E-state index contributed by atoms with van der Waals surface area (Å²) in [6.45, 7) is 0.828. The van der Waals surface area contributed by atoms with E-state index in [1.54, 1.807) is 0 Å². The van der Waals surface area contributed by atoms with Crippen LogP contribution in [0.2, 0.25) is 0 Å². The highest BCUT2D eigenvalue weighted by Crippen LogP contribution is 2.48. The van der Waals surface area contributed by atoms with Gasteiger partial charge in [-0.05, 0) is 48.0 Å². The molecule has 0 bridgehead atoms. The molecule has 6 nitrogen and oxygen atoms in total. The molecule has 0 saturated carbocycles. The second-order valence-electron chi connectivity index (χ2n) is 8.84. The smallest absolute Gasteiger partial charge is 0.378 e. The van der Waals surface area contributed by atoms with E-state index >= 15 is 0 Å². The lowest BCUT2D eigenvalue weighted by Gasteiger charge is -2.25. The maximum Gasteiger partial charge on any atom is 0.418 e. The van der Waals surface area contributed by atoms with Gasteiger partial charge in [0.1, 0.15) is 10.7 Å². The monoisotopic (exact) mass is 634 g/mol. The van der Waals surface area contributed by atoms with Gasteiger partial charge in [0.25, 0.3) is 10.0 Å². The summed E-state index contributed by atoms with van der Waals surface area (Å²) in [6, 6.07) is 11.1. The molecule has 1 amide bonds. The Kier molecular flexibility index (Phi) is 9.23. The molecule has 0 aromatic heterocycles. The highest BCUT2D eigenvalue weighted by atomic mass is 32.2. The van der Waals surface area contributed by atoms with Gasteiger partial charge in [0, 0.05) is 34.6 Å². The molecule has 15 heteroatoms. The summed E-state index contributed by atoms with van der Waals surface area (Å²) < 4.78 is 131. The lowest BCUT2D eigenvalue weighted by Crippen LogP contribution is -2.39. The lowest BCUT2D eigenvalue weighted by atomic mass is 9.99. The van der Waals surface area contributed by atoms with Crippen LogP contribution in [0.4, 0.5) is 36.4 Å². The Morgan fingerprint density at radius 1 is 0.905 bits per heavy atom. The number of nitrogens with one attached hydrogen (secondary N) is 1. The summed E-state index contributed by atoms with van der Waals surface area (Å²) in [5.41, 5.74) is -4.94. The molecule has 3 aromatic carbocycles. The topological polar surface area (TPSA) is 75.7 Å². The molecule has 1 fully saturated rings. The normalized spacial score (nSPS) is 14.8. The zero-order valence-corrected chi connectivity index (χ0v) is 22.9. The molecule has 224 valence electrons. The minimum Gasteiger partial charge on any atom is -0.378 e. The van der Waals surface area contributed by atoms with Gasteiger partial charge < -0.3 is 9.64 Å². The molecule has 0 aliphatic carbocycles. The minimum atomic E-state index is -5.45. The van der Waals surface area contributed by atoms with Crippen LogP contribution in [-0.4, -0.2) is 45.5 Å². The van der Waals surface area contributed by atoms with Gasteiger partial charge in [-0.25, -0.2) is 12.8 Å². The van der Waals surface area contributed by atoms with Crippen LogP contribution in [0.1, 0.15) is 16.7 Å². The van der Waals surface area contributed by atoms with Crippen molar-refractivity contribution >= 4 is 39.5 Å². The number of carbonyl (C=O) groups excluding carboxylic acids is 1. The second kappa shape index (κ2) is 12.4. The van der Waals surface area contributed by atoms with E-state index in [-0.39, 0.29) is 36.9 Å². The van der Waals surface area contributed by atoms with Crippen molar-refractivity contribution < 1.29 is 48.7 Å². The number of halogens is 7. The number of anilines is 1. The molecule has 1 N–H and O–H groups in total. The van der Waals surface area contributed by atoms with Gasteiger partial charge in [0.15, 0.2) is 0 Å². The fourth-order valence-electron chi connectivity index (χ4n) is 4.08. The van der Waals surface area contributed by atoms with Crippen molar-refractivity contribution in [2.24, 2.45) is 0 Å². The van der Waals surface area contributed by atoms with Gasteiger partial charge in [0.2, 0.25) is 5.91 Å². The standard InChI is InChI=1S/C27H21F7N2O4S2/c28-20-6-1-2-7-22(20)42(38,39)35-18-4-3-5-19(16-18)41-21-10-8-17(9-11-23(37)36-12-14-40-15-13-36)24(26(29,30)31)25(21)27(32,33)34/h1-11,16,35H,12-15H2. The third kappa shape index (κ3) is 7.44. The van der Waals surface area contributed by atoms with Crippen LogP contribution in [0.3, 0.4) is 0 Å². The van der Waals surface area contributed by atoms with Crippen LogP contribution in [0.15, 0.2) is 81.4 Å². The van der Waals surface area contributed by atoms with E-state index in [9.17, 15) is 43.9 Å². The van der Waals surface area contributed by atoms with Gasteiger partial charge in [-0.1, -0.05) is 36.0 Å². The Bertz CT molecular complexity index is 1600. The molecule has 42 heavy (non-hydrogen) atoms. The summed E-state index contributed by atoms with van der Waals surface area (Å²) in [5, 5.41) is 0. The van der Waals surface area contributed by atoms with E-state index in [0.29, 0.717) is 17.8 Å². The van der Waals surface area contributed by atoms with E-state index in [0.717, 1.165) is 36.4 Å². The van der Waals surface area contributed by atoms with Gasteiger partial charge in [-0.15, -0.1) is 0 Å². The molecule has 1 heterocycles. The molecule has 1 aliphatic rings. The van der Waals surface area contributed by atoms with Gasteiger partial charge in [0.05, 0.1) is 24.3 Å². The molecule has 1 saturated heterocycles. The predicted octanol–water partition coefficient (Wildman–Crippen LogP) is 6.69. The van der Waals surface area contributed by atoms with E-state index < -0.39 is 60.6 Å². The SMILES string of the molecule is O=C(C=Cc1ccc(Sc2cccc(NS(=O)(=O)c3ccccc3F)c2)c(C(F)(F)F)c1C(F)(F)F)N1CCOCC1. The highest BCUT2D eigenvalue weighted by Gasteiger charge is 2.46. The van der Waals surface area contributed by atoms with Crippen molar-refractivity contribution in [3.05, 3.63) is 89.2 Å². The van der Waals surface area contributed by atoms with Crippen molar-refractivity contribution in [2.75, 3.05) is 31.0 Å². The van der Waals surface area contributed by atoms with Crippen molar-refractivity contribution in [2.45, 2.75) is 27.0 Å². The number of ether oxygens (including phenoxy) is 1. The third-order valence-corrected chi connectivity index (χ3v) is 8.40. The fourth-order valence-corrected chi connectivity index (χ4v) is 6.26. The Hall–Kier alpha value is -3.56. The van der Waals surface area contributed by atoms with Crippen LogP contribution < -0.4 is 4.72 Å². The van der Waals surface area contributed by atoms with Crippen molar-refractivity contribution in [1.29, 1.82) is 0 Å². The van der Waals surface area contributed by atoms with Crippen LogP contribution in [0, 0.1) is 5.82 Å². The fraction of sp³-hybridized carbons (Fsp3) is 0.222. The van der Waals surface area contributed by atoms with Crippen LogP contribution >= 0.6 is 11.8 Å². The summed E-state index contributed by atoms with van der Waals surface area (Å²) in [5.74, 6) is -1.71.